The molecule has 2 heterocycles. The highest BCUT2D eigenvalue weighted by atomic mass is 16.5. The fourth-order valence-electron chi connectivity index (χ4n) is 2.65. The lowest BCUT2D eigenvalue weighted by atomic mass is 10.3. The highest BCUT2D eigenvalue weighted by Crippen LogP contribution is 2.23. The second-order valence-corrected chi connectivity index (χ2v) is 6.26. The van der Waals surface area contributed by atoms with Crippen molar-refractivity contribution in [2.45, 2.75) is 19.5 Å². The van der Waals surface area contributed by atoms with Gasteiger partial charge in [-0.25, -0.2) is 4.98 Å². The van der Waals surface area contributed by atoms with Gasteiger partial charge in [0.25, 0.3) is 0 Å². The summed E-state index contributed by atoms with van der Waals surface area (Å²) in [5, 5.41) is 10.8. The molecule has 8 nitrogen and oxygen atoms in total. The SMILES string of the molecule is CN=C(NCCCn1cccn1)NCc1ccc(Oc2cccc(OC)c2)nc1. The number of hydrogen-bond acceptors (Lipinski definition) is 5. The summed E-state index contributed by atoms with van der Waals surface area (Å²) in [6.07, 6.45) is 6.49. The van der Waals surface area contributed by atoms with Crippen LogP contribution >= 0.6 is 0 Å². The monoisotopic (exact) mass is 394 g/mol. The Hall–Kier alpha value is -3.55. The third-order valence-corrected chi connectivity index (χ3v) is 4.16. The van der Waals surface area contributed by atoms with Crippen molar-refractivity contribution in [3.05, 3.63) is 66.6 Å². The molecule has 0 saturated carbocycles. The molecule has 0 aliphatic rings. The van der Waals surface area contributed by atoms with Crippen molar-refractivity contribution in [2.24, 2.45) is 4.99 Å². The van der Waals surface area contributed by atoms with Crippen LogP contribution in [0.2, 0.25) is 0 Å². The molecule has 1 aromatic carbocycles. The Balaban J connectivity index is 1.42. The van der Waals surface area contributed by atoms with E-state index in [0.29, 0.717) is 18.2 Å². The van der Waals surface area contributed by atoms with E-state index in [1.165, 1.54) is 0 Å². The van der Waals surface area contributed by atoms with Crippen LogP contribution in [0.15, 0.2) is 66.0 Å². The van der Waals surface area contributed by atoms with E-state index in [2.05, 4.69) is 25.7 Å². The van der Waals surface area contributed by atoms with Crippen molar-refractivity contribution in [3.8, 4) is 17.4 Å². The summed E-state index contributed by atoms with van der Waals surface area (Å²) in [7, 11) is 3.38. The van der Waals surface area contributed by atoms with Gasteiger partial charge in [-0.2, -0.15) is 5.10 Å². The molecule has 0 saturated heterocycles. The fraction of sp³-hybridized carbons (Fsp3) is 0.286. The van der Waals surface area contributed by atoms with Gasteiger partial charge in [0, 0.05) is 57.4 Å². The van der Waals surface area contributed by atoms with Crippen molar-refractivity contribution in [3.63, 3.8) is 0 Å². The number of nitrogens with zero attached hydrogens (tertiary/aromatic N) is 4. The number of pyridine rings is 1. The van der Waals surface area contributed by atoms with Crippen LogP contribution in [0.5, 0.6) is 17.4 Å². The van der Waals surface area contributed by atoms with Crippen molar-refractivity contribution >= 4 is 5.96 Å². The number of nitrogens with one attached hydrogen (secondary N) is 2. The molecular weight excluding hydrogens is 368 g/mol. The van der Waals surface area contributed by atoms with Crippen LogP contribution in [-0.2, 0) is 13.1 Å². The van der Waals surface area contributed by atoms with Crippen LogP contribution in [0.3, 0.4) is 0 Å². The number of benzene rings is 1. The maximum atomic E-state index is 5.76. The van der Waals surface area contributed by atoms with Crippen LogP contribution in [0, 0.1) is 0 Å². The predicted molar refractivity (Wildman–Crippen MR) is 112 cm³/mol. The molecule has 0 spiro atoms. The first-order valence-corrected chi connectivity index (χ1v) is 9.45. The summed E-state index contributed by atoms with van der Waals surface area (Å²) >= 11 is 0. The molecule has 2 N–H and O–H groups in total. The first kappa shape index (κ1) is 20.2. The topological polar surface area (TPSA) is 85.6 Å². The standard InChI is InChI=1S/C21H26N6O2/c1-22-21(23-10-4-12-27-13-5-11-26-27)25-16-17-8-9-20(24-15-17)29-19-7-3-6-18(14-19)28-2/h3,5-9,11,13-15H,4,10,12,16H2,1-2H3,(H2,22,23,25). The van der Waals surface area contributed by atoms with E-state index in [1.807, 2.05) is 53.3 Å². The van der Waals surface area contributed by atoms with Gasteiger partial charge in [-0.1, -0.05) is 12.1 Å². The van der Waals surface area contributed by atoms with Crippen LogP contribution in [0.25, 0.3) is 0 Å². The van der Waals surface area contributed by atoms with Crippen LogP contribution in [-0.4, -0.2) is 41.4 Å². The Kier molecular flexibility index (Phi) is 7.45. The molecule has 0 aliphatic carbocycles. The number of rotatable bonds is 9. The van der Waals surface area contributed by atoms with Gasteiger partial charge in [-0.15, -0.1) is 0 Å². The molecule has 29 heavy (non-hydrogen) atoms. The van der Waals surface area contributed by atoms with E-state index < -0.39 is 0 Å². The molecular formula is C21H26N6O2. The number of aliphatic imine (C=N–C) groups is 1. The van der Waals surface area contributed by atoms with E-state index in [-0.39, 0.29) is 0 Å². The largest absolute Gasteiger partial charge is 0.497 e. The first-order valence-electron chi connectivity index (χ1n) is 9.45. The summed E-state index contributed by atoms with van der Waals surface area (Å²) in [5.41, 5.74) is 1.03. The number of guanidine groups is 1. The Labute approximate surface area is 170 Å². The number of aryl methyl sites for hydroxylation is 1. The Morgan fingerprint density at radius 3 is 2.76 bits per heavy atom. The number of methoxy groups -OCH3 is 1. The molecule has 0 atom stereocenters. The van der Waals surface area contributed by atoms with Gasteiger partial charge in [0.15, 0.2) is 5.96 Å². The lowest BCUT2D eigenvalue weighted by Gasteiger charge is -2.12. The summed E-state index contributed by atoms with van der Waals surface area (Å²) in [5.74, 6) is 2.71. The number of hydrogen-bond donors (Lipinski definition) is 2. The zero-order valence-electron chi connectivity index (χ0n) is 16.7. The average Bonchev–Trinajstić information content (AvgIpc) is 3.28. The van der Waals surface area contributed by atoms with Crippen molar-refractivity contribution in [1.29, 1.82) is 0 Å². The zero-order chi connectivity index (χ0) is 20.3. The molecule has 3 rings (SSSR count). The van der Waals surface area contributed by atoms with Gasteiger partial charge in [-0.3, -0.25) is 9.67 Å². The van der Waals surface area contributed by atoms with Gasteiger partial charge < -0.3 is 20.1 Å². The normalized spacial score (nSPS) is 11.2. The third kappa shape index (κ3) is 6.53. The minimum absolute atomic E-state index is 0.531. The van der Waals surface area contributed by atoms with E-state index in [0.717, 1.165) is 36.8 Å². The molecule has 0 unspecified atom stereocenters. The Morgan fingerprint density at radius 1 is 1.14 bits per heavy atom. The molecule has 0 aliphatic heterocycles. The van der Waals surface area contributed by atoms with Crippen LogP contribution in [0.4, 0.5) is 0 Å². The minimum Gasteiger partial charge on any atom is -0.497 e. The Morgan fingerprint density at radius 2 is 2.03 bits per heavy atom. The maximum Gasteiger partial charge on any atom is 0.219 e. The summed E-state index contributed by atoms with van der Waals surface area (Å²) < 4.78 is 12.9. The van der Waals surface area contributed by atoms with Crippen molar-refractivity contribution in [2.75, 3.05) is 20.7 Å². The summed E-state index contributed by atoms with van der Waals surface area (Å²) in [6, 6.07) is 13.2. The van der Waals surface area contributed by atoms with Crippen molar-refractivity contribution in [1.82, 2.24) is 25.4 Å². The van der Waals surface area contributed by atoms with Gasteiger partial charge in [0.05, 0.1) is 7.11 Å². The smallest absolute Gasteiger partial charge is 0.219 e. The van der Waals surface area contributed by atoms with E-state index in [4.69, 9.17) is 9.47 Å². The predicted octanol–water partition coefficient (Wildman–Crippen LogP) is 2.83. The van der Waals surface area contributed by atoms with Gasteiger partial charge in [-0.05, 0) is 30.2 Å². The summed E-state index contributed by atoms with van der Waals surface area (Å²) in [6.45, 7) is 2.30. The first-order chi connectivity index (χ1) is 14.3. The highest BCUT2D eigenvalue weighted by molar-refractivity contribution is 5.79. The molecule has 0 radical (unpaired) electrons. The molecule has 0 bridgehead atoms. The summed E-state index contributed by atoms with van der Waals surface area (Å²) in [4.78, 5) is 8.61. The van der Waals surface area contributed by atoms with Crippen LogP contribution < -0.4 is 20.1 Å². The quantitative estimate of drug-likeness (QED) is 0.330. The molecule has 152 valence electrons. The fourth-order valence-corrected chi connectivity index (χ4v) is 2.65. The third-order valence-electron chi connectivity index (χ3n) is 4.16. The van der Waals surface area contributed by atoms with Crippen molar-refractivity contribution < 1.29 is 9.47 Å². The van der Waals surface area contributed by atoms with Gasteiger partial charge in [0.2, 0.25) is 5.88 Å². The zero-order valence-corrected chi connectivity index (χ0v) is 16.7. The lowest BCUT2D eigenvalue weighted by Crippen LogP contribution is -2.37. The average molecular weight is 394 g/mol. The molecule has 2 aromatic heterocycles. The van der Waals surface area contributed by atoms with Gasteiger partial charge >= 0.3 is 0 Å². The van der Waals surface area contributed by atoms with Gasteiger partial charge in [0.1, 0.15) is 11.5 Å². The second-order valence-electron chi connectivity index (χ2n) is 6.26. The minimum atomic E-state index is 0.531. The Bertz CT molecular complexity index is 894. The molecule has 0 amide bonds. The number of aromatic nitrogens is 3. The number of ether oxygens (including phenoxy) is 2. The maximum absolute atomic E-state index is 5.76. The van der Waals surface area contributed by atoms with E-state index in [9.17, 15) is 0 Å². The van der Waals surface area contributed by atoms with Crippen LogP contribution in [0.1, 0.15) is 12.0 Å². The lowest BCUT2D eigenvalue weighted by molar-refractivity contribution is 0.407. The van der Waals surface area contributed by atoms with E-state index in [1.54, 1.807) is 26.6 Å². The second kappa shape index (κ2) is 10.7. The highest BCUT2D eigenvalue weighted by Gasteiger charge is 2.03. The molecule has 3 aromatic rings. The molecule has 0 fully saturated rings. The van der Waals surface area contributed by atoms with E-state index >= 15 is 0 Å². The molecule has 8 heteroatoms.